The van der Waals surface area contributed by atoms with Gasteiger partial charge < -0.3 is 4.74 Å². The Kier molecular flexibility index (Phi) is 1.99. The van der Waals surface area contributed by atoms with Gasteiger partial charge in [-0.05, 0) is 31.1 Å². The normalized spacial score (nSPS) is 27.7. The molecule has 1 aliphatic carbocycles. The van der Waals surface area contributed by atoms with Gasteiger partial charge in [-0.3, -0.25) is 0 Å². The molecular weight excluding hydrogens is 215 g/mol. The van der Waals surface area contributed by atoms with E-state index in [0.717, 1.165) is 24.2 Å². The molecule has 2 aliphatic rings. The van der Waals surface area contributed by atoms with E-state index < -0.39 is 6.10 Å². The number of hydrogen-bond donors (Lipinski definition) is 0. The third-order valence-electron chi connectivity index (χ3n) is 3.08. The highest BCUT2D eigenvalue weighted by atomic mass is 35.5. The first-order valence-corrected chi connectivity index (χ1v) is 5.45. The first-order valence-electron chi connectivity index (χ1n) is 5.07. The first-order chi connectivity index (χ1) is 7.25. The van der Waals surface area contributed by atoms with Crippen molar-refractivity contribution < 1.29 is 9.13 Å². The van der Waals surface area contributed by atoms with Crippen molar-refractivity contribution in [3.63, 3.8) is 0 Å². The molecule has 1 heterocycles. The molecule has 1 nitrogen and oxygen atoms in total. The van der Waals surface area contributed by atoms with Crippen molar-refractivity contribution in [2.45, 2.75) is 24.9 Å². The molecule has 1 aliphatic heterocycles. The van der Waals surface area contributed by atoms with Crippen LogP contribution in [0.1, 0.15) is 24.3 Å². The van der Waals surface area contributed by atoms with E-state index in [4.69, 9.17) is 16.3 Å². The molecule has 0 radical (unpaired) electrons. The molecule has 2 atom stereocenters. The number of halogens is 2. The van der Waals surface area contributed by atoms with Crippen LogP contribution in [0.5, 0.6) is 5.75 Å². The summed E-state index contributed by atoms with van der Waals surface area (Å²) in [6.45, 7) is 0. The fourth-order valence-electron chi connectivity index (χ4n) is 2.37. The lowest BCUT2D eigenvalue weighted by Gasteiger charge is -2.20. The fraction of sp³-hybridized carbons (Fsp3) is 0.333. The molecule has 0 saturated carbocycles. The van der Waals surface area contributed by atoms with Crippen LogP contribution in [0.2, 0.25) is 5.02 Å². The van der Waals surface area contributed by atoms with Gasteiger partial charge in [0.15, 0.2) is 6.10 Å². The molecule has 0 spiro atoms. The Morgan fingerprint density at radius 2 is 2.27 bits per heavy atom. The van der Waals surface area contributed by atoms with Crippen LogP contribution < -0.4 is 4.74 Å². The third kappa shape index (κ3) is 1.36. The number of rotatable bonds is 0. The Morgan fingerprint density at radius 1 is 1.40 bits per heavy atom. The van der Waals surface area contributed by atoms with E-state index in [9.17, 15) is 4.39 Å². The SMILES string of the molecule is FC1=CCCC2c3ccc(Cl)cc3OC12. The molecule has 1 aromatic carbocycles. The summed E-state index contributed by atoms with van der Waals surface area (Å²) in [7, 11) is 0. The van der Waals surface area contributed by atoms with Crippen LogP contribution >= 0.6 is 11.6 Å². The summed E-state index contributed by atoms with van der Waals surface area (Å²) in [6, 6.07) is 5.55. The van der Waals surface area contributed by atoms with Gasteiger partial charge in [0, 0.05) is 16.5 Å². The highest BCUT2D eigenvalue weighted by Gasteiger charge is 2.38. The molecule has 0 N–H and O–H groups in total. The monoisotopic (exact) mass is 224 g/mol. The Bertz CT molecular complexity index is 441. The van der Waals surface area contributed by atoms with Crippen molar-refractivity contribution in [2.75, 3.05) is 0 Å². The number of benzene rings is 1. The van der Waals surface area contributed by atoms with Crippen molar-refractivity contribution in [1.82, 2.24) is 0 Å². The van der Waals surface area contributed by atoms with Gasteiger partial charge in [0.05, 0.1) is 0 Å². The van der Waals surface area contributed by atoms with Gasteiger partial charge in [-0.2, -0.15) is 0 Å². The van der Waals surface area contributed by atoms with Crippen molar-refractivity contribution >= 4 is 11.6 Å². The van der Waals surface area contributed by atoms with Crippen LogP contribution in [-0.4, -0.2) is 6.10 Å². The minimum Gasteiger partial charge on any atom is -0.482 e. The van der Waals surface area contributed by atoms with Gasteiger partial charge in [0.25, 0.3) is 0 Å². The van der Waals surface area contributed by atoms with E-state index in [-0.39, 0.29) is 11.7 Å². The maximum Gasteiger partial charge on any atom is 0.156 e. The lowest BCUT2D eigenvalue weighted by Crippen LogP contribution is -2.22. The standard InChI is InChI=1S/C12H10ClFO/c13-7-4-5-8-9-2-1-3-10(14)12(9)15-11(8)6-7/h3-6,9,12H,1-2H2. The van der Waals surface area contributed by atoms with Gasteiger partial charge in [0.1, 0.15) is 11.6 Å². The predicted octanol–water partition coefficient (Wildman–Crippen LogP) is 3.83. The molecule has 0 fully saturated rings. The zero-order chi connectivity index (χ0) is 10.4. The zero-order valence-electron chi connectivity index (χ0n) is 8.04. The summed E-state index contributed by atoms with van der Waals surface area (Å²) >= 11 is 5.87. The number of hydrogen-bond acceptors (Lipinski definition) is 1. The molecule has 2 unspecified atom stereocenters. The molecule has 0 bridgehead atoms. The van der Waals surface area contributed by atoms with Gasteiger partial charge in [0.2, 0.25) is 0 Å². The van der Waals surface area contributed by atoms with Crippen LogP contribution in [0.4, 0.5) is 4.39 Å². The van der Waals surface area contributed by atoms with Crippen molar-refractivity contribution in [1.29, 1.82) is 0 Å². The topological polar surface area (TPSA) is 9.23 Å². The Hall–Kier alpha value is -1.02. The van der Waals surface area contributed by atoms with E-state index in [0.29, 0.717) is 5.02 Å². The minimum atomic E-state index is -0.410. The van der Waals surface area contributed by atoms with Crippen LogP contribution in [0.15, 0.2) is 30.1 Å². The highest BCUT2D eigenvalue weighted by molar-refractivity contribution is 6.30. The smallest absolute Gasteiger partial charge is 0.156 e. The average molecular weight is 225 g/mol. The summed E-state index contributed by atoms with van der Waals surface area (Å²) in [5, 5.41) is 0.636. The van der Waals surface area contributed by atoms with Gasteiger partial charge in [-0.1, -0.05) is 17.7 Å². The van der Waals surface area contributed by atoms with Gasteiger partial charge in [-0.15, -0.1) is 0 Å². The minimum absolute atomic E-state index is 0.140. The summed E-state index contributed by atoms with van der Waals surface area (Å²) in [5.41, 5.74) is 1.09. The van der Waals surface area contributed by atoms with Gasteiger partial charge >= 0.3 is 0 Å². The van der Waals surface area contributed by atoms with E-state index in [1.807, 2.05) is 12.1 Å². The summed E-state index contributed by atoms with van der Waals surface area (Å²) in [4.78, 5) is 0. The molecule has 3 rings (SSSR count). The summed E-state index contributed by atoms with van der Waals surface area (Å²) in [5.74, 6) is 0.767. The Balaban J connectivity index is 2.06. The molecule has 0 aromatic heterocycles. The molecule has 78 valence electrons. The predicted molar refractivity (Wildman–Crippen MR) is 57.0 cm³/mol. The highest BCUT2D eigenvalue weighted by Crippen LogP contribution is 2.46. The van der Waals surface area contributed by atoms with E-state index in [2.05, 4.69) is 0 Å². The molecule has 3 heteroatoms. The first kappa shape index (κ1) is 9.22. The number of ether oxygens (including phenoxy) is 1. The van der Waals surface area contributed by atoms with Crippen LogP contribution in [0.25, 0.3) is 0 Å². The van der Waals surface area contributed by atoms with Gasteiger partial charge in [-0.25, -0.2) is 4.39 Å². The van der Waals surface area contributed by atoms with Crippen molar-refractivity contribution in [2.24, 2.45) is 0 Å². The molecule has 15 heavy (non-hydrogen) atoms. The number of fused-ring (bicyclic) bond motifs is 3. The second kappa shape index (κ2) is 3.24. The lowest BCUT2D eigenvalue weighted by molar-refractivity contribution is 0.198. The quantitative estimate of drug-likeness (QED) is 0.651. The van der Waals surface area contributed by atoms with E-state index in [1.165, 1.54) is 0 Å². The largest absolute Gasteiger partial charge is 0.482 e. The summed E-state index contributed by atoms with van der Waals surface area (Å²) < 4.78 is 19.1. The van der Waals surface area contributed by atoms with Crippen molar-refractivity contribution in [3.05, 3.63) is 40.7 Å². The zero-order valence-corrected chi connectivity index (χ0v) is 8.80. The maximum absolute atomic E-state index is 13.5. The van der Waals surface area contributed by atoms with Crippen LogP contribution in [-0.2, 0) is 0 Å². The average Bonchev–Trinajstić information content (AvgIpc) is 2.57. The second-order valence-electron chi connectivity index (χ2n) is 3.99. The van der Waals surface area contributed by atoms with Crippen LogP contribution in [0.3, 0.4) is 0 Å². The fourth-order valence-corrected chi connectivity index (χ4v) is 2.53. The molecule has 0 saturated heterocycles. The van der Waals surface area contributed by atoms with E-state index in [1.54, 1.807) is 12.1 Å². The Labute approximate surface area is 92.5 Å². The van der Waals surface area contributed by atoms with Crippen molar-refractivity contribution in [3.8, 4) is 5.75 Å². The molecule has 0 amide bonds. The van der Waals surface area contributed by atoms with Crippen LogP contribution in [0, 0.1) is 0 Å². The maximum atomic E-state index is 13.5. The van der Waals surface area contributed by atoms with E-state index >= 15 is 0 Å². The third-order valence-corrected chi connectivity index (χ3v) is 3.32. The Morgan fingerprint density at radius 3 is 3.13 bits per heavy atom. The lowest BCUT2D eigenvalue weighted by atomic mass is 9.87. The number of allylic oxidation sites excluding steroid dienone is 1. The molecular formula is C12H10ClFO. The second-order valence-corrected chi connectivity index (χ2v) is 4.43. The summed E-state index contributed by atoms with van der Waals surface area (Å²) in [6.07, 6.45) is 2.95. The molecule has 1 aromatic rings.